The molecule has 1 aromatic carbocycles. The molecule has 1 atom stereocenters. The van der Waals surface area contributed by atoms with E-state index in [1.54, 1.807) is 0 Å². The van der Waals surface area contributed by atoms with Crippen LogP contribution in [0.2, 0.25) is 0 Å². The summed E-state index contributed by atoms with van der Waals surface area (Å²) in [5.74, 6) is 1.47. The van der Waals surface area contributed by atoms with Gasteiger partial charge < -0.3 is 9.84 Å². The number of amides is 1. The quantitative estimate of drug-likeness (QED) is 0.920. The molecule has 4 nitrogen and oxygen atoms in total. The normalized spacial score (nSPS) is 20.1. The summed E-state index contributed by atoms with van der Waals surface area (Å²) in [6.07, 6.45) is 2.37. The minimum Gasteiger partial charge on any atom is -0.361 e. The van der Waals surface area contributed by atoms with Crippen LogP contribution < -0.4 is 5.32 Å². The third-order valence-electron chi connectivity index (χ3n) is 4.41. The second-order valence-electron chi connectivity index (χ2n) is 6.11. The van der Waals surface area contributed by atoms with Crippen LogP contribution in [0.25, 0.3) is 5.57 Å². The third kappa shape index (κ3) is 2.45. The first-order valence-corrected chi connectivity index (χ1v) is 7.73. The second kappa shape index (κ2) is 5.13. The third-order valence-corrected chi connectivity index (χ3v) is 4.41. The van der Waals surface area contributed by atoms with Gasteiger partial charge in [0.1, 0.15) is 11.5 Å². The van der Waals surface area contributed by atoms with E-state index in [-0.39, 0.29) is 11.8 Å². The van der Waals surface area contributed by atoms with Crippen LogP contribution in [0.15, 0.2) is 46.5 Å². The van der Waals surface area contributed by atoms with Crippen LogP contribution in [0.5, 0.6) is 0 Å². The minimum absolute atomic E-state index is 0.0484. The van der Waals surface area contributed by atoms with Gasteiger partial charge in [-0.3, -0.25) is 4.79 Å². The molecular formula is C18H18N2O2. The zero-order valence-corrected chi connectivity index (χ0v) is 12.5. The molecule has 0 bridgehead atoms. The van der Waals surface area contributed by atoms with Gasteiger partial charge in [0.05, 0.1) is 12.5 Å². The first-order valence-electron chi connectivity index (χ1n) is 7.73. The number of hydrogen-bond acceptors (Lipinski definition) is 3. The van der Waals surface area contributed by atoms with E-state index in [9.17, 15) is 4.79 Å². The van der Waals surface area contributed by atoms with Gasteiger partial charge in [0, 0.05) is 12.0 Å². The monoisotopic (exact) mass is 294 g/mol. The van der Waals surface area contributed by atoms with Gasteiger partial charge in [-0.2, -0.15) is 0 Å². The molecule has 4 heteroatoms. The van der Waals surface area contributed by atoms with Crippen molar-refractivity contribution in [3.63, 3.8) is 0 Å². The molecule has 4 rings (SSSR count). The Hall–Kier alpha value is -2.36. The lowest BCUT2D eigenvalue weighted by Crippen LogP contribution is -2.26. The number of carbonyl (C=O) groups is 1. The highest BCUT2D eigenvalue weighted by atomic mass is 16.5. The number of rotatable bonds is 5. The molecule has 1 N–H and O–H groups in total. The predicted octanol–water partition coefficient (Wildman–Crippen LogP) is 3.27. The maximum Gasteiger partial charge on any atom is 0.232 e. The Morgan fingerprint density at radius 2 is 2.09 bits per heavy atom. The summed E-state index contributed by atoms with van der Waals surface area (Å²) in [5, 5.41) is 6.98. The largest absolute Gasteiger partial charge is 0.361 e. The molecule has 112 valence electrons. The van der Waals surface area contributed by atoms with Gasteiger partial charge in [0.2, 0.25) is 5.91 Å². The molecule has 1 aromatic heterocycles. The average Bonchev–Trinajstić information content (AvgIpc) is 3.45. The number of hydrogen-bond donors (Lipinski definition) is 1. The van der Waals surface area contributed by atoms with Crippen molar-refractivity contribution in [2.24, 2.45) is 5.92 Å². The van der Waals surface area contributed by atoms with Gasteiger partial charge in [-0.15, -0.1) is 0 Å². The lowest BCUT2D eigenvalue weighted by molar-refractivity contribution is -0.121. The summed E-state index contributed by atoms with van der Waals surface area (Å²) in [6, 6.07) is 12.0. The Morgan fingerprint density at radius 1 is 1.32 bits per heavy atom. The van der Waals surface area contributed by atoms with Crippen LogP contribution in [-0.4, -0.2) is 11.1 Å². The SMILES string of the molecule is CC1=C(c2ccccc2)[C@@H]1C(=O)NCc1cc(C2CC2)on1. The van der Waals surface area contributed by atoms with Gasteiger partial charge in [0.15, 0.2) is 0 Å². The predicted molar refractivity (Wildman–Crippen MR) is 82.9 cm³/mol. The van der Waals surface area contributed by atoms with Crippen molar-refractivity contribution in [3.8, 4) is 0 Å². The van der Waals surface area contributed by atoms with Crippen molar-refractivity contribution in [3.05, 3.63) is 59.0 Å². The number of aromatic nitrogens is 1. The molecule has 1 heterocycles. The molecule has 1 amide bonds. The van der Waals surface area contributed by atoms with Gasteiger partial charge in [0.25, 0.3) is 0 Å². The lowest BCUT2D eigenvalue weighted by atomic mass is 10.1. The van der Waals surface area contributed by atoms with Gasteiger partial charge >= 0.3 is 0 Å². The van der Waals surface area contributed by atoms with Gasteiger partial charge in [-0.1, -0.05) is 41.1 Å². The summed E-state index contributed by atoms with van der Waals surface area (Å²) in [6.45, 7) is 2.45. The molecule has 0 aliphatic heterocycles. The van der Waals surface area contributed by atoms with E-state index in [4.69, 9.17) is 4.52 Å². The number of benzene rings is 1. The Bertz CT molecular complexity index is 741. The molecule has 2 aliphatic carbocycles. The van der Waals surface area contributed by atoms with Gasteiger partial charge in [-0.25, -0.2) is 0 Å². The summed E-state index contributed by atoms with van der Waals surface area (Å²) in [5.41, 5.74) is 4.24. The van der Waals surface area contributed by atoms with E-state index in [0.29, 0.717) is 12.5 Å². The molecule has 2 aliphatic rings. The molecule has 0 radical (unpaired) electrons. The Balaban J connectivity index is 1.35. The fourth-order valence-corrected chi connectivity index (χ4v) is 2.92. The van der Waals surface area contributed by atoms with Crippen molar-refractivity contribution < 1.29 is 9.32 Å². The molecule has 2 aromatic rings. The Morgan fingerprint density at radius 3 is 2.82 bits per heavy atom. The van der Waals surface area contributed by atoms with E-state index in [0.717, 1.165) is 28.2 Å². The number of nitrogens with zero attached hydrogens (tertiary/aromatic N) is 1. The zero-order chi connectivity index (χ0) is 15.1. The second-order valence-corrected chi connectivity index (χ2v) is 6.11. The summed E-state index contributed by atoms with van der Waals surface area (Å²) in [4.78, 5) is 12.3. The Labute approximate surface area is 129 Å². The van der Waals surface area contributed by atoms with Crippen LogP contribution in [0.3, 0.4) is 0 Å². The highest BCUT2D eigenvalue weighted by molar-refractivity contribution is 6.05. The molecule has 0 unspecified atom stereocenters. The molecule has 1 fully saturated rings. The molecular weight excluding hydrogens is 276 g/mol. The highest BCUT2D eigenvalue weighted by Crippen LogP contribution is 2.46. The molecule has 0 saturated heterocycles. The standard InChI is InChI=1S/C18H18N2O2/c1-11-16(13-5-3-2-4-6-13)17(11)18(21)19-10-14-9-15(22-20-14)12-7-8-12/h2-6,9,12,17H,7-8,10H2,1H3,(H,19,21)/t17-/m1/s1. The van der Waals surface area contributed by atoms with Crippen molar-refractivity contribution in [1.82, 2.24) is 10.5 Å². The smallest absolute Gasteiger partial charge is 0.232 e. The lowest BCUT2D eigenvalue weighted by Gasteiger charge is -2.03. The summed E-state index contributed by atoms with van der Waals surface area (Å²) in [7, 11) is 0. The van der Waals surface area contributed by atoms with E-state index < -0.39 is 0 Å². The fourth-order valence-electron chi connectivity index (χ4n) is 2.92. The van der Waals surface area contributed by atoms with E-state index in [1.165, 1.54) is 12.8 Å². The average molecular weight is 294 g/mol. The van der Waals surface area contributed by atoms with Crippen LogP contribution in [0.4, 0.5) is 0 Å². The first-order chi connectivity index (χ1) is 10.7. The number of nitrogens with one attached hydrogen (secondary N) is 1. The van der Waals surface area contributed by atoms with Crippen LogP contribution in [0.1, 0.15) is 42.7 Å². The first kappa shape index (κ1) is 13.3. The molecule has 1 saturated carbocycles. The van der Waals surface area contributed by atoms with Crippen molar-refractivity contribution >= 4 is 11.5 Å². The molecule has 0 spiro atoms. The maximum absolute atomic E-state index is 12.3. The molecule has 22 heavy (non-hydrogen) atoms. The van der Waals surface area contributed by atoms with Crippen LogP contribution in [0, 0.1) is 5.92 Å². The van der Waals surface area contributed by atoms with Gasteiger partial charge in [-0.05, 0) is 30.9 Å². The zero-order valence-electron chi connectivity index (χ0n) is 12.5. The van der Waals surface area contributed by atoms with E-state index in [2.05, 4.69) is 10.5 Å². The van der Waals surface area contributed by atoms with Crippen molar-refractivity contribution in [2.75, 3.05) is 0 Å². The minimum atomic E-state index is -0.0859. The van der Waals surface area contributed by atoms with E-state index >= 15 is 0 Å². The maximum atomic E-state index is 12.3. The number of carbonyl (C=O) groups excluding carboxylic acids is 1. The van der Waals surface area contributed by atoms with Crippen LogP contribution >= 0.6 is 0 Å². The summed E-state index contributed by atoms with van der Waals surface area (Å²) < 4.78 is 5.30. The van der Waals surface area contributed by atoms with E-state index in [1.807, 2.05) is 43.3 Å². The Kier molecular flexibility index (Phi) is 3.10. The van der Waals surface area contributed by atoms with Crippen LogP contribution in [-0.2, 0) is 11.3 Å². The fraction of sp³-hybridized carbons (Fsp3) is 0.333. The highest BCUT2D eigenvalue weighted by Gasteiger charge is 2.39. The van der Waals surface area contributed by atoms with Crippen molar-refractivity contribution in [1.29, 1.82) is 0 Å². The topological polar surface area (TPSA) is 55.1 Å². The van der Waals surface area contributed by atoms with Crippen molar-refractivity contribution in [2.45, 2.75) is 32.2 Å². The summed E-state index contributed by atoms with van der Waals surface area (Å²) >= 11 is 0.